The van der Waals surface area contributed by atoms with Crippen LogP contribution in [-0.4, -0.2) is 36.7 Å². The van der Waals surface area contributed by atoms with Crippen LogP contribution >= 0.6 is 11.9 Å². The van der Waals surface area contributed by atoms with E-state index in [1.165, 1.54) is 51.9 Å². The summed E-state index contributed by atoms with van der Waals surface area (Å²) < 4.78 is 2.51. The molecule has 14 heavy (non-hydrogen) atoms. The lowest BCUT2D eigenvalue weighted by Gasteiger charge is -2.36. The number of nitrogens with zero attached hydrogens (tertiary/aromatic N) is 1. The summed E-state index contributed by atoms with van der Waals surface area (Å²) in [7, 11) is 0. The molecule has 0 unspecified atom stereocenters. The summed E-state index contributed by atoms with van der Waals surface area (Å²) >= 11 is 1.92. The Morgan fingerprint density at radius 3 is 2.14 bits per heavy atom. The summed E-state index contributed by atoms with van der Waals surface area (Å²) in [6.45, 7) is 5.15. The largest absolute Gasteiger partial charge is 0.317 e. The first-order valence-electron chi connectivity index (χ1n) is 5.90. The summed E-state index contributed by atoms with van der Waals surface area (Å²) in [5, 5.41) is 3.46. The fourth-order valence-electron chi connectivity index (χ4n) is 2.85. The fraction of sp³-hybridized carbons (Fsp3) is 1.00. The Hall–Kier alpha value is 0.270. The highest BCUT2D eigenvalue weighted by Gasteiger charge is 2.27. The molecule has 0 aromatic rings. The van der Waals surface area contributed by atoms with Crippen LogP contribution in [0.2, 0.25) is 0 Å². The van der Waals surface area contributed by atoms with Gasteiger partial charge in [-0.2, -0.15) is 0 Å². The molecule has 0 atom stereocenters. The number of rotatable bonds is 2. The van der Waals surface area contributed by atoms with Crippen molar-refractivity contribution in [2.24, 2.45) is 11.8 Å². The van der Waals surface area contributed by atoms with Crippen LogP contribution in [0, 0.1) is 11.8 Å². The van der Waals surface area contributed by atoms with E-state index in [-0.39, 0.29) is 0 Å². The Kier molecular flexibility index (Phi) is 4.14. The Labute approximate surface area is 91.9 Å². The molecule has 0 spiro atoms. The molecule has 3 heteroatoms. The average molecular weight is 214 g/mol. The highest BCUT2D eigenvalue weighted by atomic mass is 32.2. The van der Waals surface area contributed by atoms with Crippen LogP contribution in [0.4, 0.5) is 0 Å². The van der Waals surface area contributed by atoms with Gasteiger partial charge in [0.05, 0.1) is 0 Å². The maximum absolute atomic E-state index is 3.46. The molecule has 0 aromatic heterocycles. The van der Waals surface area contributed by atoms with Crippen LogP contribution in [0.3, 0.4) is 0 Å². The molecule has 0 aromatic carbocycles. The van der Waals surface area contributed by atoms with Gasteiger partial charge in [0.1, 0.15) is 0 Å². The Bertz CT molecular complexity index is 161. The zero-order valence-electron chi connectivity index (χ0n) is 9.17. The molecular formula is C11H22N2S. The lowest BCUT2D eigenvalue weighted by atomic mass is 9.79. The van der Waals surface area contributed by atoms with E-state index in [4.69, 9.17) is 0 Å². The second-order valence-electron chi connectivity index (χ2n) is 4.54. The minimum absolute atomic E-state index is 1.03. The van der Waals surface area contributed by atoms with Crippen molar-refractivity contribution in [2.75, 3.05) is 32.4 Å². The maximum Gasteiger partial charge on any atom is 0.00919 e. The van der Waals surface area contributed by atoms with E-state index in [0.717, 1.165) is 11.8 Å². The third-order valence-electron chi connectivity index (χ3n) is 3.81. The van der Waals surface area contributed by atoms with Crippen molar-refractivity contribution in [3.8, 4) is 0 Å². The van der Waals surface area contributed by atoms with Crippen LogP contribution in [-0.2, 0) is 0 Å². The molecule has 0 amide bonds. The molecule has 0 bridgehead atoms. The second kappa shape index (κ2) is 5.38. The molecule has 2 rings (SSSR count). The lowest BCUT2D eigenvalue weighted by molar-refractivity contribution is 0.182. The SMILES string of the molecule is CSN1CCC(C2CCNCC2)CC1. The topological polar surface area (TPSA) is 15.3 Å². The first-order chi connectivity index (χ1) is 6.90. The van der Waals surface area contributed by atoms with Gasteiger partial charge in [0.15, 0.2) is 0 Å². The highest BCUT2D eigenvalue weighted by Crippen LogP contribution is 2.31. The van der Waals surface area contributed by atoms with Gasteiger partial charge in [-0.3, -0.25) is 4.31 Å². The second-order valence-corrected chi connectivity index (χ2v) is 5.42. The van der Waals surface area contributed by atoms with Gasteiger partial charge >= 0.3 is 0 Å². The fourth-order valence-corrected chi connectivity index (χ4v) is 3.42. The third kappa shape index (κ3) is 2.65. The van der Waals surface area contributed by atoms with E-state index in [1.54, 1.807) is 0 Å². The first kappa shape index (κ1) is 10.8. The van der Waals surface area contributed by atoms with Crippen LogP contribution < -0.4 is 5.32 Å². The van der Waals surface area contributed by atoms with Crippen LogP contribution in [0.15, 0.2) is 0 Å². The molecule has 1 N–H and O–H groups in total. The van der Waals surface area contributed by atoms with Crippen molar-refractivity contribution in [2.45, 2.75) is 25.7 Å². The van der Waals surface area contributed by atoms with E-state index < -0.39 is 0 Å². The van der Waals surface area contributed by atoms with Crippen molar-refractivity contribution in [3.63, 3.8) is 0 Å². The smallest absolute Gasteiger partial charge is 0.00919 e. The summed E-state index contributed by atoms with van der Waals surface area (Å²) in [5.41, 5.74) is 0. The number of hydrogen-bond acceptors (Lipinski definition) is 3. The monoisotopic (exact) mass is 214 g/mol. The molecule has 0 radical (unpaired) electrons. The predicted octanol–water partition coefficient (Wildman–Crippen LogP) is 1.98. The average Bonchev–Trinajstić information content (AvgIpc) is 2.30. The normalized spacial score (nSPS) is 28.1. The minimum Gasteiger partial charge on any atom is -0.317 e. The molecule has 2 heterocycles. The Morgan fingerprint density at radius 2 is 1.57 bits per heavy atom. The summed E-state index contributed by atoms with van der Waals surface area (Å²) in [4.78, 5) is 0. The van der Waals surface area contributed by atoms with E-state index in [2.05, 4.69) is 15.9 Å². The summed E-state index contributed by atoms with van der Waals surface area (Å²) in [6.07, 6.45) is 7.91. The van der Waals surface area contributed by atoms with Crippen molar-refractivity contribution in [3.05, 3.63) is 0 Å². The molecule has 0 aliphatic carbocycles. The maximum atomic E-state index is 3.46. The number of nitrogens with one attached hydrogen (secondary N) is 1. The van der Waals surface area contributed by atoms with Gasteiger partial charge < -0.3 is 5.32 Å². The number of piperidine rings is 2. The van der Waals surface area contributed by atoms with E-state index >= 15 is 0 Å². The minimum atomic E-state index is 1.03. The molecule has 2 saturated heterocycles. The van der Waals surface area contributed by atoms with Gasteiger partial charge in [-0.05, 0) is 56.9 Å². The van der Waals surface area contributed by atoms with Crippen molar-refractivity contribution >= 4 is 11.9 Å². The van der Waals surface area contributed by atoms with E-state index in [0.29, 0.717) is 0 Å². The Morgan fingerprint density at radius 1 is 1.00 bits per heavy atom. The quantitative estimate of drug-likeness (QED) is 0.708. The van der Waals surface area contributed by atoms with Gasteiger partial charge in [0.2, 0.25) is 0 Å². The van der Waals surface area contributed by atoms with Gasteiger partial charge in [-0.15, -0.1) is 0 Å². The van der Waals surface area contributed by atoms with Gasteiger partial charge in [0.25, 0.3) is 0 Å². The number of hydrogen-bond donors (Lipinski definition) is 1. The highest BCUT2D eigenvalue weighted by molar-refractivity contribution is 7.96. The molecule has 82 valence electrons. The first-order valence-corrected chi connectivity index (χ1v) is 7.08. The van der Waals surface area contributed by atoms with E-state index in [9.17, 15) is 0 Å². The molecule has 0 saturated carbocycles. The van der Waals surface area contributed by atoms with Gasteiger partial charge in [-0.25, -0.2) is 0 Å². The molecule has 2 aliphatic rings. The molecular weight excluding hydrogens is 192 g/mol. The lowest BCUT2D eigenvalue weighted by Crippen LogP contribution is -2.37. The Balaban J connectivity index is 1.76. The summed E-state index contributed by atoms with van der Waals surface area (Å²) in [5.74, 6) is 2.06. The summed E-state index contributed by atoms with van der Waals surface area (Å²) in [6, 6.07) is 0. The van der Waals surface area contributed by atoms with Crippen molar-refractivity contribution < 1.29 is 0 Å². The zero-order valence-corrected chi connectivity index (χ0v) is 9.98. The standard InChI is InChI=1S/C11H22N2S/c1-14-13-8-4-11(5-9-13)10-2-6-12-7-3-10/h10-12H,2-9H2,1H3. The van der Waals surface area contributed by atoms with E-state index in [1.807, 2.05) is 11.9 Å². The van der Waals surface area contributed by atoms with Crippen LogP contribution in [0.5, 0.6) is 0 Å². The van der Waals surface area contributed by atoms with Crippen LogP contribution in [0.1, 0.15) is 25.7 Å². The predicted molar refractivity (Wildman–Crippen MR) is 63.4 cm³/mol. The molecule has 2 fully saturated rings. The molecule has 2 nitrogen and oxygen atoms in total. The van der Waals surface area contributed by atoms with Crippen molar-refractivity contribution in [1.82, 2.24) is 9.62 Å². The zero-order chi connectivity index (χ0) is 9.80. The van der Waals surface area contributed by atoms with Gasteiger partial charge in [0, 0.05) is 13.1 Å². The molecule has 2 aliphatic heterocycles. The van der Waals surface area contributed by atoms with Crippen molar-refractivity contribution in [1.29, 1.82) is 0 Å². The van der Waals surface area contributed by atoms with Crippen LogP contribution in [0.25, 0.3) is 0 Å². The van der Waals surface area contributed by atoms with Gasteiger partial charge in [-0.1, -0.05) is 11.9 Å². The third-order valence-corrected chi connectivity index (χ3v) is 4.69.